The molecule has 2 aromatic carbocycles. The number of aromatic nitrogens is 1. The van der Waals surface area contributed by atoms with Crippen molar-refractivity contribution in [1.29, 1.82) is 0 Å². The van der Waals surface area contributed by atoms with Gasteiger partial charge in [-0.25, -0.2) is 0 Å². The summed E-state index contributed by atoms with van der Waals surface area (Å²) in [7, 11) is 4.18. The maximum Gasteiger partial charge on any atom is 0.254 e. The van der Waals surface area contributed by atoms with Crippen LogP contribution in [-0.2, 0) is 0 Å². The van der Waals surface area contributed by atoms with Gasteiger partial charge in [0.05, 0.1) is 6.67 Å². The van der Waals surface area contributed by atoms with Crippen LogP contribution in [0.3, 0.4) is 0 Å². The number of aromatic hydroxyl groups is 1. The number of benzene rings is 2. The zero-order chi connectivity index (χ0) is 21.8. The second kappa shape index (κ2) is 9.45. The predicted molar refractivity (Wildman–Crippen MR) is 124 cm³/mol. The van der Waals surface area contributed by atoms with Crippen LogP contribution in [-0.4, -0.2) is 77.6 Å². The largest absolute Gasteiger partial charge is 0.506 e. The van der Waals surface area contributed by atoms with Crippen LogP contribution in [0.15, 0.2) is 54.7 Å². The molecule has 0 spiro atoms. The predicted octanol–water partition coefficient (Wildman–Crippen LogP) is 3.66. The van der Waals surface area contributed by atoms with E-state index in [9.17, 15) is 9.90 Å². The second-order valence-corrected chi connectivity index (χ2v) is 8.49. The Morgan fingerprint density at radius 1 is 1.10 bits per heavy atom. The lowest BCUT2D eigenvalue weighted by Crippen LogP contribution is -2.48. The van der Waals surface area contributed by atoms with Crippen LogP contribution in [0.1, 0.15) is 23.2 Å². The van der Waals surface area contributed by atoms with Gasteiger partial charge in [0.25, 0.3) is 5.91 Å². The Bertz CT molecular complexity index is 1070. The van der Waals surface area contributed by atoms with Gasteiger partial charge in [-0.2, -0.15) is 0 Å². The number of hydrogen-bond donors (Lipinski definition) is 1. The fraction of sp³-hybridized carbons (Fsp3) is 0.360. The molecule has 1 aliphatic heterocycles. The van der Waals surface area contributed by atoms with E-state index in [1.807, 2.05) is 47.4 Å². The zero-order valence-electron chi connectivity index (χ0n) is 18.3. The van der Waals surface area contributed by atoms with E-state index in [1.165, 1.54) is 0 Å². The number of hydrogen-bond acceptors (Lipinski definition) is 5. The molecule has 1 fully saturated rings. The minimum atomic E-state index is 0.0610. The number of nitrogens with zero attached hydrogens (tertiary/aromatic N) is 4. The number of carbonyl (C=O) groups is 1. The van der Waals surface area contributed by atoms with Crippen molar-refractivity contribution in [3.8, 4) is 16.9 Å². The quantitative estimate of drug-likeness (QED) is 0.662. The molecule has 4 rings (SSSR count). The molecule has 1 aromatic heterocycles. The summed E-state index contributed by atoms with van der Waals surface area (Å²) in [6.45, 7) is 4.57. The summed E-state index contributed by atoms with van der Waals surface area (Å²) in [6.07, 6.45) is 3.77. The van der Waals surface area contributed by atoms with Crippen LogP contribution in [0, 0.1) is 0 Å². The highest BCUT2D eigenvalue weighted by molar-refractivity contribution is 5.96. The molecule has 0 unspecified atom stereocenters. The molecule has 1 aliphatic rings. The monoisotopic (exact) mass is 418 g/mol. The smallest absolute Gasteiger partial charge is 0.254 e. The van der Waals surface area contributed by atoms with Crippen LogP contribution in [0.2, 0.25) is 0 Å². The molecule has 0 aliphatic carbocycles. The Hall–Kier alpha value is -2.96. The topological polar surface area (TPSA) is 59.9 Å². The van der Waals surface area contributed by atoms with Crippen LogP contribution >= 0.6 is 0 Å². The third-order valence-corrected chi connectivity index (χ3v) is 5.77. The molecular formula is C25H30N4O2. The van der Waals surface area contributed by atoms with Crippen molar-refractivity contribution in [3.05, 3.63) is 60.3 Å². The summed E-state index contributed by atoms with van der Waals surface area (Å²) >= 11 is 0. The molecule has 0 bridgehead atoms. The Kier molecular flexibility index (Phi) is 6.49. The van der Waals surface area contributed by atoms with Crippen LogP contribution in [0.4, 0.5) is 0 Å². The Labute approximate surface area is 183 Å². The Morgan fingerprint density at radius 3 is 2.81 bits per heavy atom. The van der Waals surface area contributed by atoms with Crippen molar-refractivity contribution >= 4 is 16.8 Å². The zero-order valence-corrected chi connectivity index (χ0v) is 18.3. The minimum absolute atomic E-state index is 0.0610. The number of rotatable bonds is 6. The van der Waals surface area contributed by atoms with Gasteiger partial charge in [0.15, 0.2) is 0 Å². The summed E-state index contributed by atoms with van der Waals surface area (Å²) in [6, 6.07) is 15.2. The fourth-order valence-corrected chi connectivity index (χ4v) is 4.18. The van der Waals surface area contributed by atoms with Gasteiger partial charge in [0, 0.05) is 36.8 Å². The molecule has 2 heterocycles. The highest BCUT2D eigenvalue weighted by Gasteiger charge is 2.23. The van der Waals surface area contributed by atoms with Crippen molar-refractivity contribution in [1.82, 2.24) is 19.7 Å². The molecule has 0 atom stereocenters. The average Bonchev–Trinajstić information content (AvgIpc) is 2.78. The Morgan fingerprint density at radius 2 is 1.97 bits per heavy atom. The summed E-state index contributed by atoms with van der Waals surface area (Å²) in [5, 5.41) is 11.3. The van der Waals surface area contributed by atoms with E-state index < -0.39 is 0 Å². The van der Waals surface area contributed by atoms with Gasteiger partial charge in [0.2, 0.25) is 0 Å². The molecule has 31 heavy (non-hydrogen) atoms. The maximum atomic E-state index is 13.2. The van der Waals surface area contributed by atoms with Crippen molar-refractivity contribution in [2.75, 3.05) is 46.9 Å². The number of carbonyl (C=O) groups excluding carboxylic acids is 1. The lowest BCUT2D eigenvalue weighted by molar-refractivity contribution is 0.0493. The fourth-order valence-electron chi connectivity index (χ4n) is 4.18. The van der Waals surface area contributed by atoms with E-state index in [-0.39, 0.29) is 11.7 Å². The van der Waals surface area contributed by atoms with E-state index in [0.29, 0.717) is 17.7 Å². The molecule has 162 valence electrons. The van der Waals surface area contributed by atoms with Gasteiger partial charge in [0.1, 0.15) is 11.3 Å². The SMILES string of the molecule is CN(C)CCCN1CCCN(C(=O)c2cccc(-c3cc(O)c4ncccc4c3)c2)C1. The third-order valence-electron chi connectivity index (χ3n) is 5.77. The molecule has 6 nitrogen and oxygen atoms in total. The summed E-state index contributed by atoms with van der Waals surface area (Å²) in [5.74, 6) is 0.208. The third kappa shape index (κ3) is 5.03. The normalized spacial score (nSPS) is 15.0. The summed E-state index contributed by atoms with van der Waals surface area (Å²) < 4.78 is 0. The van der Waals surface area contributed by atoms with Crippen molar-refractivity contribution < 1.29 is 9.90 Å². The van der Waals surface area contributed by atoms with E-state index in [0.717, 1.165) is 55.5 Å². The first-order chi connectivity index (χ1) is 15.0. The lowest BCUT2D eigenvalue weighted by atomic mass is 10.00. The van der Waals surface area contributed by atoms with Crippen molar-refractivity contribution in [2.24, 2.45) is 0 Å². The van der Waals surface area contributed by atoms with E-state index in [4.69, 9.17) is 0 Å². The van der Waals surface area contributed by atoms with E-state index >= 15 is 0 Å². The Balaban J connectivity index is 1.51. The number of fused-ring (bicyclic) bond motifs is 1. The second-order valence-electron chi connectivity index (χ2n) is 8.49. The molecule has 0 saturated carbocycles. The maximum absolute atomic E-state index is 13.2. The van der Waals surface area contributed by atoms with Crippen molar-refractivity contribution in [3.63, 3.8) is 0 Å². The first-order valence-electron chi connectivity index (χ1n) is 10.9. The van der Waals surface area contributed by atoms with Gasteiger partial charge in [-0.05, 0) is 74.9 Å². The highest BCUT2D eigenvalue weighted by atomic mass is 16.3. The van der Waals surface area contributed by atoms with Gasteiger partial charge in [-0.15, -0.1) is 0 Å². The van der Waals surface area contributed by atoms with Gasteiger partial charge in [-0.1, -0.05) is 18.2 Å². The van der Waals surface area contributed by atoms with Gasteiger partial charge < -0.3 is 14.9 Å². The number of amides is 1. The molecule has 1 N–H and O–H groups in total. The lowest BCUT2D eigenvalue weighted by Gasteiger charge is -2.36. The number of phenolic OH excluding ortho intramolecular Hbond substituents is 1. The van der Waals surface area contributed by atoms with Gasteiger partial charge >= 0.3 is 0 Å². The molecule has 1 amide bonds. The number of pyridine rings is 1. The van der Waals surface area contributed by atoms with Crippen LogP contribution in [0.5, 0.6) is 5.75 Å². The molecule has 0 radical (unpaired) electrons. The molecule has 3 aromatic rings. The summed E-state index contributed by atoms with van der Waals surface area (Å²) in [4.78, 5) is 24.0. The van der Waals surface area contributed by atoms with Crippen LogP contribution < -0.4 is 0 Å². The minimum Gasteiger partial charge on any atom is -0.506 e. The first kappa shape index (κ1) is 21.3. The first-order valence-corrected chi connectivity index (χ1v) is 10.9. The molecular weight excluding hydrogens is 388 g/mol. The van der Waals surface area contributed by atoms with E-state index in [2.05, 4.69) is 28.9 Å². The van der Waals surface area contributed by atoms with Gasteiger partial charge in [-0.3, -0.25) is 14.7 Å². The highest BCUT2D eigenvalue weighted by Crippen LogP contribution is 2.31. The summed E-state index contributed by atoms with van der Waals surface area (Å²) in [5.41, 5.74) is 3.04. The molecule has 1 saturated heterocycles. The molecule has 6 heteroatoms. The van der Waals surface area contributed by atoms with Crippen molar-refractivity contribution in [2.45, 2.75) is 12.8 Å². The van der Waals surface area contributed by atoms with E-state index in [1.54, 1.807) is 12.3 Å². The average molecular weight is 419 g/mol. The standard InChI is InChI=1S/C25H30N4O2/c1-27(2)11-5-12-28-13-6-14-29(18-28)25(31)21-8-3-7-19(15-21)22-16-20-9-4-10-26-24(20)23(30)17-22/h3-4,7-10,15-17,30H,5-6,11-14,18H2,1-2H3. The number of phenols is 1. The van der Waals surface area contributed by atoms with Crippen LogP contribution in [0.25, 0.3) is 22.0 Å².